The van der Waals surface area contributed by atoms with E-state index in [1.54, 1.807) is 17.8 Å². The van der Waals surface area contributed by atoms with Crippen molar-refractivity contribution in [3.63, 3.8) is 0 Å². The highest BCUT2D eigenvalue weighted by Gasteiger charge is 2.33. The van der Waals surface area contributed by atoms with E-state index < -0.39 is 11.9 Å². The SMILES string of the molecule is CSc1ccc2nc(/C=C(\O)C(F)(F)F)sc2c1. The molecule has 7 heteroatoms. The second-order valence-electron chi connectivity index (χ2n) is 3.41. The van der Waals surface area contributed by atoms with E-state index in [-0.39, 0.29) is 5.01 Å². The van der Waals surface area contributed by atoms with Crippen molar-refractivity contribution >= 4 is 39.4 Å². The fourth-order valence-electron chi connectivity index (χ4n) is 1.31. The highest BCUT2D eigenvalue weighted by molar-refractivity contribution is 7.98. The summed E-state index contributed by atoms with van der Waals surface area (Å²) in [6, 6.07) is 5.46. The molecule has 0 aliphatic rings. The Morgan fingerprint density at radius 1 is 1.44 bits per heavy atom. The maximum atomic E-state index is 12.2. The second-order valence-corrected chi connectivity index (χ2v) is 5.35. The maximum absolute atomic E-state index is 12.2. The first-order valence-electron chi connectivity index (χ1n) is 4.82. The number of thiazole rings is 1. The molecule has 0 radical (unpaired) electrons. The highest BCUT2D eigenvalue weighted by atomic mass is 32.2. The Kier molecular flexibility index (Phi) is 3.54. The van der Waals surface area contributed by atoms with Crippen LogP contribution in [-0.2, 0) is 0 Å². The van der Waals surface area contributed by atoms with Crippen molar-refractivity contribution in [3.8, 4) is 0 Å². The normalized spacial score (nSPS) is 13.2. The van der Waals surface area contributed by atoms with Gasteiger partial charge in [-0.1, -0.05) is 0 Å². The van der Waals surface area contributed by atoms with Gasteiger partial charge in [-0.3, -0.25) is 0 Å². The van der Waals surface area contributed by atoms with Crippen molar-refractivity contribution < 1.29 is 18.3 Å². The molecular formula is C11H8F3NOS2. The van der Waals surface area contributed by atoms with Crippen molar-refractivity contribution in [2.45, 2.75) is 11.1 Å². The molecule has 1 aromatic heterocycles. The van der Waals surface area contributed by atoms with Crippen LogP contribution in [0.4, 0.5) is 13.2 Å². The largest absolute Gasteiger partial charge is 0.504 e. The van der Waals surface area contributed by atoms with Gasteiger partial charge >= 0.3 is 6.18 Å². The van der Waals surface area contributed by atoms with Crippen LogP contribution in [0.3, 0.4) is 0 Å². The molecule has 0 amide bonds. The molecule has 18 heavy (non-hydrogen) atoms. The number of aromatic nitrogens is 1. The van der Waals surface area contributed by atoms with Crippen LogP contribution in [0.2, 0.25) is 0 Å². The minimum Gasteiger partial charge on any atom is -0.504 e. The molecule has 0 aliphatic carbocycles. The standard InChI is InChI=1S/C11H8F3NOS2/c1-17-6-2-3-7-8(4-6)18-10(15-7)5-9(16)11(12,13)14/h2-5,16H,1H3/b9-5-. The number of alkyl halides is 3. The zero-order valence-corrected chi connectivity index (χ0v) is 10.8. The number of rotatable bonds is 2. The Labute approximate surface area is 109 Å². The molecule has 96 valence electrons. The summed E-state index contributed by atoms with van der Waals surface area (Å²) in [5.41, 5.74) is 0.624. The first kappa shape index (κ1) is 13.2. The summed E-state index contributed by atoms with van der Waals surface area (Å²) in [6.07, 6.45) is -2.18. The van der Waals surface area contributed by atoms with Crippen molar-refractivity contribution in [2.24, 2.45) is 0 Å². The van der Waals surface area contributed by atoms with Gasteiger partial charge in [0.15, 0.2) is 0 Å². The van der Waals surface area contributed by atoms with E-state index in [9.17, 15) is 13.2 Å². The van der Waals surface area contributed by atoms with E-state index in [1.165, 1.54) is 0 Å². The predicted octanol–water partition coefficient (Wildman–Crippen LogP) is 4.48. The summed E-state index contributed by atoms with van der Waals surface area (Å²) in [4.78, 5) is 5.03. The molecule has 0 atom stereocenters. The number of aliphatic hydroxyl groups excluding tert-OH is 1. The number of hydrogen-bond donors (Lipinski definition) is 1. The molecule has 0 saturated heterocycles. The highest BCUT2D eigenvalue weighted by Crippen LogP contribution is 2.30. The lowest BCUT2D eigenvalue weighted by atomic mass is 10.3. The summed E-state index contributed by atoms with van der Waals surface area (Å²) in [7, 11) is 0. The molecule has 0 fully saturated rings. The summed E-state index contributed by atoms with van der Waals surface area (Å²) < 4.78 is 37.3. The summed E-state index contributed by atoms with van der Waals surface area (Å²) >= 11 is 2.66. The molecule has 0 saturated carbocycles. The van der Waals surface area contributed by atoms with Crippen molar-refractivity contribution in [3.05, 3.63) is 29.0 Å². The molecule has 1 aromatic carbocycles. The molecule has 0 unspecified atom stereocenters. The van der Waals surface area contributed by atoms with Gasteiger partial charge in [0.1, 0.15) is 5.01 Å². The number of halogens is 3. The fourth-order valence-corrected chi connectivity index (χ4v) is 2.77. The quantitative estimate of drug-likeness (QED) is 0.654. The van der Waals surface area contributed by atoms with Gasteiger partial charge in [0.2, 0.25) is 5.76 Å². The van der Waals surface area contributed by atoms with Crippen LogP contribution in [-0.4, -0.2) is 22.5 Å². The van der Waals surface area contributed by atoms with Crippen LogP contribution >= 0.6 is 23.1 Å². The third-order valence-corrected chi connectivity index (χ3v) is 3.85. The molecule has 1 N–H and O–H groups in total. The summed E-state index contributed by atoms with van der Waals surface area (Å²) in [5, 5.41) is 9.00. The average Bonchev–Trinajstić information content (AvgIpc) is 2.68. The van der Waals surface area contributed by atoms with Gasteiger partial charge in [-0.2, -0.15) is 13.2 Å². The van der Waals surface area contributed by atoms with Gasteiger partial charge in [-0.05, 0) is 24.5 Å². The molecule has 2 nitrogen and oxygen atoms in total. The number of aliphatic hydroxyl groups is 1. The van der Waals surface area contributed by atoms with Crippen LogP contribution in [0.1, 0.15) is 5.01 Å². The Morgan fingerprint density at radius 2 is 2.17 bits per heavy atom. The summed E-state index contributed by atoms with van der Waals surface area (Å²) in [5.74, 6) is -1.63. The van der Waals surface area contributed by atoms with Gasteiger partial charge in [0.25, 0.3) is 0 Å². The van der Waals surface area contributed by atoms with Crippen LogP contribution in [0, 0.1) is 0 Å². The van der Waals surface area contributed by atoms with Gasteiger partial charge in [-0.25, -0.2) is 4.98 Å². The maximum Gasteiger partial charge on any atom is 0.448 e. The van der Waals surface area contributed by atoms with Crippen LogP contribution in [0.5, 0.6) is 0 Å². The van der Waals surface area contributed by atoms with E-state index in [1.807, 2.05) is 18.4 Å². The van der Waals surface area contributed by atoms with Gasteiger partial charge in [0.05, 0.1) is 10.2 Å². The third kappa shape index (κ3) is 2.78. The number of thioether (sulfide) groups is 1. The average molecular weight is 291 g/mol. The summed E-state index contributed by atoms with van der Waals surface area (Å²) in [6.45, 7) is 0. The molecule has 0 spiro atoms. The van der Waals surface area contributed by atoms with Crippen LogP contribution in [0.15, 0.2) is 28.9 Å². The number of hydrogen-bond acceptors (Lipinski definition) is 4. The second kappa shape index (κ2) is 4.81. The number of fused-ring (bicyclic) bond motifs is 1. The van der Waals surface area contributed by atoms with E-state index >= 15 is 0 Å². The molecule has 2 rings (SSSR count). The van der Waals surface area contributed by atoms with Gasteiger partial charge in [0, 0.05) is 11.0 Å². The first-order chi connectivity index (χ1) is 8.40. The molecule has 2 aromatic rings. The predicted molar refractivity (Wildman–Crippen MR) is 68.1 cm³/mol. The van der Waals surface area contributed by atoms with E-state index in [4.69, 9.17) is 5.11 Å². The van der Waals surface area contributed by atoms with E-state index in [0.717, 1.165) is 20.9 Å². The zero-order valence-electron chi connectivity index (χ0n) is 9.15. The lowest BCUT2D eigenvalue weighted by Crippen LogP contribution is -2.10. The van der Waals surface area contributed by atoms with Crippen molar-refractivity contribution in [1.29, 1.82) is 0 Å². The lowest BCUT2D eigenvalue weighted by Gasteiger charge is -2.02. The Balaban J connectivity index is 2.42. The number of nitrogens with zero attached hydrogens (tertiary/aromatic N) is 1. The molecular weight excluding hydrogens is 283 g/mol. The van der Waals surface area contributed by atoms with Crippen LogP contribution in [0.25, 0.3) is 16.3 Å². The van der Waals surface area contributed by atoms with Crippen LogP contribution < -0.4 is 0 Å². The monoisotopic (exact) mass is 291 g/mol. The number of benzene rings is 1. The zero-order chi connectivity index (χ0) is 13.3. The molecule has 0 aliphatic heterocycles. The van der Waals surface area contributed by atoms with E-state index in [2.05, 4.69) is 4.98 Å². The molecule has 1 heterocycles. The lowest BCUT2D eigenvalue weighted by molar-refractivity contribution is -0.119. The van der Waals surface area contributed by atoms with Gasteiger partial charge in [-0.15, -0.1) is 23.1 Å². The van der Waals surface area contributed by atoms with Gasteiger partial charge < -0.3 is 5.11 Å². The Morgan fingerprint density at radius 3 is 2.78 bits per heavy atom. The Hall–Kier alpha value is -1.21. The number of allylic oxidation sites excluding steroid dienone is 1. The van der Waals surface area contributed by atoms with E-state index in [0.29, 0.717) is 11.6 Å². The minimum absolute atomic E-state index is 0.137. The fraction of sp³-hybridized carbons (Fsp3) is 0.182. The van der Waals surface area contributed by atoms with Crippen molar-refractivity contribution in [2.75, 3.05) is 6.26 Å². The molecule has 0 bridgehead atoms. The first-order valence-corrected chi connectivity index (χ1v) is 6.87. The minimum atomic E-state index is -4.73. The van der Waals surface area contributed by atoms with Crippen molar-refractivity contribution in [1.82, 2.24) is 4.98 Å². The smallest absolute Gasteiger partial charge is 0.448 e. The Bertz CT molecular complexity index is 604. The topological polar surface area (TPSA) is 33.1 Å². The third-order valence-electron chi connectivity index (χ3n) is 2.16.